The average Bonchev–Trinajstić information content (AvgIpc) is 3.28. The van der Waals surface area contributed by atoms with E-state index >= 15 is 0 Å². The van der Waals surface area contributed by atoms with Crippen molar-refractivity contribution in [2.24, 2.45) is 0 Å². The van der Waals surface area contributed by atoms with Gasteiger partial charge in [0.05, 0.1) is 25.4 Å². The highest BCUT2D eigenvalue weighted by Gasteiger charge is 2.18. The van der Waals surface area contributed by atoms with Gasteiger partial charge < -0.3 is 20.3 Å². The number of rotatable bonds is 52. The van der Waals surface area contributed by atoms with Crippen molar-refractivity contribution in [1.82, 2.24) is 5.32 Å². The third-order valence-corrected chi connectivity index (χ3v) is 13.0. The van der Waals surface area contributed by atoms with Crippen LogP contribution >= 0.6 is 0 Å². The molecule has 0 heterocycles. The second-order valence-corrected chi connectivity index (χ2v) is 19.3. The van der Waals surface area contributed by atoms with E-state index in [0.29, 0.717) is 19.4 Å². The summed E-state index contributed by atoms with van der Waals surface area (Å²) in [6, 6.07) is -0.630. The third-order valence-electron chi connectivity index (χ3n) is 13.0. The molecule has 0 saturated carbocycles. The van der Waals surface area contributed by atoms with Crippen molar-refractivity contribution in [2.45, 2.75) is 315 Å². The summed E-state index contributed by atoms with van der Waals surface area (Å²) in [6.45, 7) is 4.88. The summed E-state index contributed by atoms with van der Waals surface area (Å²) in [7, 11) is 0. The standard InChI is InChI=1S/C57H109NO5/c1-3-5-7-9-11-13-15-16-17-18-21-24-27-31-35-39-43-47-51-57(62)63-52-48-44-40-36-32-28-25-22-19-20-23-26-30-34-38-42-46-50-56(61)58-54(53-59)55(60)49-45-41-37-33-29-14-12-10-8-6-4-2/h17-18,45,49,54-55,59-60H,3-16,19-44,46-48,50-53H2,1-2H3,(H,58,61)/b18-17-,49-45+. The van der Waals surface area contributed by atoms with E-state index in [0.717, 1.165) is 44.9 Å². The van der Waals surface area contributed by atoms with Crippen molar-refractivity contribution < 1.29 is 24.5 Å². The molecule has 372 valence electrons. The molecular formula is C57H109NO5. The van der Waals surface area contributed by atoms with Crippen LogP contribution in [-0.2, 0) is 14.3 Å². The summed E-state index contributed by atoms with van der Waals surface area (Å²) in [6.07, 6.45) is 63.4. The highest BCUT2D eigenvalue weighted by Crippen LogP contribution is 2.16. The van der Waals surface area contributed by atoms with Crippen molar-refractivity contribution in [2.75, 3.05) is 13.2 Å². The van der Waals surface area contributed by atoms with Crippen LogP contribution in [0.25, 0.3) is 0 Å². The molecule has 0 saturated heterocycles. The van der Waals surface area contributed by atoms with E-state index < -0.39 is 12.1 Å². The summed E-state index contributed by atoms with van der Waals surface area (Å²) in [5.74, 6) is -0.0728. The van der Waals surface area contributed by atoms with E-state index in [1.54, 1.807) is 6.08 Å². The molecule has 0 rings (SSSR count). The van der Waals surface area contributed by atoms with Crippen LogP contribution < -0.4 is 5.32 Å². The van der Waals surface area contributed by atoms with Crippen LogP contribution in [0.1, 0.15) is 303 Å². The quantitative estimate of drug-likeness (QED) is 0.0321. The van der Waals surface area contributed by atoms with E-state index in [2.05, 4.69) is 31.3 Å². The Labute approximate surface area is 392 Å². The molecule has 0 radical (unpaired) electrons. The van der Waals surface area contributed by atoms with Crippen LogP contribution in [0.3, 0.4) is 0 Å². The van der Waals surface area contributed by atoms with Crippen LogP contribution in [0.15, 0.2) is 24.3 Å². The smallest absolute Gasteiger partial charge is 0.305 e. The van der Waals surface area contributed by atoms with Gasteiger partial charge in [0.25, 0.3) is 0 Å². The van der Waals surface area contributed by atoms with Crippen molar-refractivity contribution in [3.63, 3.8) is 0 Å². The topological polar surface area (TPSA) is 95.9 Å². The second kappa shape index (κ2) is 53.0. The summed E-state index contributed by atoms with van der Waals surface area (Å²) in [4.78, 5) is 24.5. The molecule has 0 aromatic carbocycles. The number of amides is 1. The van der Waals surface area contributed by atoms with Crippen LogP contribution in [0.5, 0.6) is 0 Å². The monoisotopic (exact) mass is 888 g/mol. The van der Waals surface area contributed by atoms with Crippen molar-refractivity contribution in [1.29, 1.82) is 0 Å². The number of aliphatic hydroxyl groups excluding tert-OH is 2. The summed E-state index contributed by atoms with van der Waals surface area (Å²) >= 11 is 0. The highest BCUT2D eigenvalue weighted by atomic mass is 16.5. The molecular weight excluding hydrogens is 779 g/mol. The van der Waals surface area contributed by atoms with Gasteiger partial charge in [0.2, 0.25) is 5.91 Å². The first-order chi connectivity index (χ1) is 31.0. The predicted molar refractivity (Wildman–Crippen MR) is 273 cm³/mol. The molecule has 6 nitrogen and oxygen atoms in total. The van der Waals surface area contributed by atoms with Crippen molar-refractivity contribution >= 4 is 11.9 Å². The number of unbranched alkanes of at least 4 members (excludes halogenated alkanes) is 39. The minimum Gasteiger partial charge on any atom is -0.466 e. The molecule has 0 aliphatic heterocycles. The SMILES string of the molecule is CCCCCCCCC/C=C\CCCCCCCCCC(=O)OCCCCCCCCCCCCCCCCCCCC(=O)NC(CO)C(O)/C=C/CCCCCCCCCCC. The van der Waals surface area contributed by atoms with Crippen LogP contribution in [-0.4, -0.2) is 47.4 Å². The van der Waals surface area contributed by atoms with Crippen molar-refractivity contribution in [3.8, 4) is 0 Å². The number of aliphatic hydroxyl groups is 2. The number of esters is 1. The molecule has 0 spiro atoms. The van der Waals surface area contributed by atoms with Crippen LogP contribution in [0.2, 0.25) is 0 Å². The lowest BCUT2D eigenvalue weighted by atomic mass is 10.0. The molecule has 0 aliphatic rings. The van der Waals surface area contributed by atoms with Gasteiger partial charge in [-0.2, -0.15) is 0 Å². The first kappa shape index (κ1) is 61.3. The van der Waals surface area contributed by atoms with Gasteiger partial charge in [-0.05, 0) is 57.8 Å². The van der Waals surface area contributed by atoms with Gasteiger partial charge in [-0.25, -0.2) is 0 Å². The number of ether oxygens (including phenoxy) is 1. The van der Waals surface area contributed by atoms with Crippen LogP contribution in [0.4, 0.5) is 0 Å². The van der Waals surface area contributed by atoms with Gasteiger partial charge in [-0.3, -0.25) is 9.59 Å². The molecule has 1 amide bonds. The summed E-state index contributed by atoms with van der Waals surface area (Å²) < 4.78 is 5.48. The van der Waals surface area contributed by atoms with E-state index in [-0.39, 0.29) is 18.5 Å². The van der Waals surface area contributed by atoms with Gasteiger partial charge in [0.1, 0.15) is 0 Å². The summed E-state index contributed by atoms with van der Waals surface area (Å²) in [5, 5.41) is 23.0. The van der Waals surface area contributed by atoms with E-state index in [4.69, 9.17) is 4.74 Å². The van der Waals surface area contributed by atoms with Gasteiger partial charge in [-0.15, -0.1) is 0 Å². The Hall–Kier alpha value is -1.66. The molecule has 0 bridgehead atoms. The largest absolute Gasteiger partial charge is 0.466 e. The Bertz CT molecular complexity index is 982. The summed E-state index contributed by atoms with van der Waals surface area (Å²) in [5.41, 5.74) is 0. The van der Waals surface area contributed by atoms with Crippen molar-refractivity contribution in [3.05, 3.63) is 24.3 Å². The molecule has 0 fully saturated rings. The Morgan fingerprint density at radius 3 is 1.13 bits per heavy atom. The lowest BCUT2D eigenvalue weighted by molar-refractivity contribution is -0.143. The minimum atomic E-state index is -0.846. The number of allylic oxidation sites excluding steroid dienone is 3. The molecule has 3 N–H and O–H groups in total. The maximum atomic E-state index is 12.4. The Morgan fingerprint density at radius 1 is 0.429 bits per heavy atom. The molecule has 2 unspecified atom stereocenters. The Morgan fingerprint density at radius 2 is 0.746 bits per heavy atom. The number of hydrogen-bond acceptors (Lipinski definition) is 5. The van der Waals surface area contributed by atoms with E-state index in [1.165, 1.54) is 231 Å². The van der Waals surface area contributed by atoms with E-state index in [9.17, 15) is 19.8 Å². The zero-order chi connectivity index (χ0) is 45.8. The number of nitrogens with one attached hydrogen (secondary N) is 1. The maximum absolute atomic E-state index is 12.4. The lowest BCUT2D eigenvalue weighted by Crippen LogP contribution is -2.45. The van der Waals surface area contributed by atoms with Gasteiger partial charge in [-0.1, -0.05) is 256 Å². The molecule has 63 heavy (non-hydrogen) atoms. The lowest BCUT2D eigenvalue weighted by Gasteiger charge is -2.20. The fourth-order valence-electron chi connectivity index (χ4n) is 8.63. The molecule has 0 aromatic heterocycles. The zero-order valence-electron chi connectivity index (χ0n) is 42.3. The number of hydrogen-bond donors (Lipinski definition) is 3. The minimum absolute atomic E-state index is 0.00141. The normalized spacial score (nSPS) is 12.8. The maximum Gasteiger partial charge on any atom is 0.305 e. The Kier molecular flexibility index (Phi) is 51.6. The molecule has 0 aliphatic carbocycles. The van der Waals surface area contributed by atoms with Gasteiger partial charge in [0.15, 0.2) is 0 Å². The molecule has 2 atom stereocenters. The highest BCUT2D eigenvalue weighted by molar-refractivity contribution is 5.76. The van der Waals surface area contributed by atoms with Gasteiger partial charge in [0, 0.05) is 12.8 Å². The second-order valence-electron chi connectivity index (χ2n) is 19.3. The fraction of sp³-hybridized carbons (Fsp3) is 0.895. The first-order valence-electron chi connectivity index (χ1n) is 28.1. The average molecular weight is 889 g/mol. The van der Waals surface area contributed by atoms with Crippen LogP contribution in [0, 0.1) is 0 Å². The molecule has 0 aromatic rings. The first-order valence-corrected chi connectivity index (χ1v) is 28.1. The molecule has 6 heteroatoms. The Balaban J connectivity index is 3.40. The van der Waals surface area contributed by atoms with Gasteiger partial charge >= 0.3 is 5.97 Å². The number of carbonyl (C=O) groups excluding carboxylic acids is 2. The predicted octanol–water partition coefficient (Wildman–Crippen LogP) is 17.1. The fourth-order valence-corrected chi connectivity index (χ4v) is 8.63. The van der Waals surface area contributed by atoms with E-state index in [1.807, 2.05) is 6.08 Å². The number of carbonyl (C=O) groups is 2. The zero-order valence-corrected chi connectivity index (χ0v) is 42.3. The third kappa shape index (κ3) is 49.6.